The smallest absolute Gasteiger partial charge is 0.324 e. The zero-order valence-electron chi connectivity index (χ0n) is 18.9. The molecule has 0 radical (unpaired) electrons. The fourth-order valence-electron chi connectivity index (χ4n) is 3.58. The lowest BCUT2D eigenvalue weighted by atomic mass is 10.1. The summed E-state index contributed by atoms with van der Waals surface area (Å²) in [6.45, 7) is 7.28. The Kier molecular flexibility index (Phi) is 6.48. The van der Waals surface area contributed by atoms with Crippen molar-refractivity contribution < 1.29 is 26.6 Å². The molecule has 1 fully saturated rings. The molecule has 1 aliphatic heterocycles. The molecule has 10 nitrogen and oxygen atoms in total. The number of halogens is 1. The van der Waals surface area contributed by atoms with E-state index in [-0.39, 0.29) is 28.6 Å². The van der Waals surface area contributed by atoms with E-state index in [9.17, 15) is 12.8 Å². The van der Waals surface area contributed by atoms with E-state index in [0.29, 0.717) is 17.4 Å². The minimum Gasteiger partial charge on any atom is -0.365 e. The number of hydrogen-bond donors (Lipinski definition) is 0. The summed E-state index contributed by atoms with van der Waals surface area (Å²) in [7, 11) is -3.66. The van der Waals surface area contributed by atoms with Crippen LogP contribution in [0.3, 0.4) is 0 Å². The fraction of sp³-hybridized carbons (Fsp3) is 0.524. The summed E-state index contributed by atoms with van der Waals surface area (Å²) in [4.78, 5) is 10.4. The van der Waals surface area contributed by atoms with Gasteiger partial charge in [-0.15, -0.1) is 0 Å². The highest BCUT2D eigenvalue weighted by atomic mass is 32.2. The molecule has 3 aromatic rings. The van der Waals surface area contributed by atoms with Crippen molar-refractivity contribution in [3.05, 3.63) is 35.7 Å². The maximum atomic E-state index is 14.2. The van der Waals surface area contributed by atoms with E-state index >= 15 is 0 Å². The molecule has 3 heterocycles. The third kappa shape index (κ3) is 5.22. The average molecular weight is 480 g/mol. The molecular weight excluding hydrogens is 453 g/mol. The Labute approximate surface area is 191 Å². The second-order valence-electron chi connectivity index (χ2n) is 8.43. The van der Waals surface area contributed by atoms with E-state index in [0.717, 1.165) is 38.3 Å². The lowest BCUT2D eigenvalue weighted by Crippen LogP contribution is -2.37. The van der Waals surface area contributed by atoms with E-state index in [1.807, 2.05) is 25.7 Å². The molecule has 0 aliphatic carbocycles. The molecule has 178 valence electrons. The molecule has 0 bridgehead atoms. The van der Waals surface area contributed by atoms with Gasteiger partial charge in [0.25, 0.3) is 5.89 Å². The second kappa shape index (κ2) is 9.18. The van der Waals surface area contributed by atoms with Gasteiger partial charge in [-0.2, -0.15) is 9.97 Å². The van der Waals surface area contributed by atoms with Crippen molar-refractivity contribution in [3.8, 4) is 11.4 Å². The number of aromatic nitrogens is 4. The van der Waals surface area contributed by atoms with Crippen LogP contribution < -0.4 is 4.90 Å². The second-order valence-corrected chi connectivity index (χ2v) is 10.4. The van der Waals surface area contributed by atoms with Gasteiger partial charge in [-0.25, -0.2) is 12.8 Å². The number of rotatable bonds is 7. The number of ether oxygens (including phenoxy) is 1. The van der Waals surface area contributed by atoms with E-state index in [2.05, 4.69) is 20.3 Å². The molecule has 1 unspecified atom stereocenters. The van der Waals surface area contributed by atoms with Gasteiger partial charge >= 0.3 is 6.01 Å². The van der Waals surface area contributed by atoms with Gasteiger partial charge in [0, 0.05) is 30.8 Å². The maximum Gasteiger partial charge on any atom is 0.324 e. The lowest BCUT2D eigenvalue weighted by Gasteiger charge is -2.31. The molecule has 0 saturated carbocycles. The van der Waals surface area contributed by atoms with Crippen molar-refractivity contribution in [1.82, 2.24) is 20.3 Å². The van der Waals surface area contributed by atoms with Crippen LogP contribution in [-0.2, 0) is 14.6 Å². The van der Waals surface area contributed by atoms with Crippen LogP contribution in [0.5, 0.6) is 0 Å². The van der Waals surface area contributed by atoms with E-state index < -0.39 is 21.8 Å². The molecule has 1 saturated heterocycles. The summed E-state index contributed by atoms with van der Waals surface area (Å²) in [6, 6.07) is 4.24. The van der Waals surface area contributed by atoms with Crippen molar-refractivity contribution in [2.45, 2.75) is 56.6 Å². The first-order chi connectivity index (χ1) is 15.6. The summed E-state index contributed by atoms with van der Waals surface area (Å²) < 4.78 is 54.1. The molecular formula is C21H26FN5O5S. The van der Waals surface area contributed by atoms with Crippen LogP contribution in [-0.4, -0.2) is 54.1 Å². The zero-order valence-corrected chi connectivity index (χ0v) is 19.7. The van der Waals surface area contributed by atoms with Crippen molar-refractivity contribution in [3.63, 3.8) is 0 Å². The van der Waals surface area contributed by atoms with Crippen LogP contribution in [0.1, 0.15) is 57.3 Å². The molecule has 1 atom stereocenters. The third-order valence-corrected chi connectivity index (χ3v) is 6.57. The largest absolute Gasteiger partial charge is 0.365 e. The third-order valence-electron chi connectivity index (χ3n) is 5.44. The average Bonchev–Trinajstić information content (AvgIpc) is 3.44. The Morgan fingerprint density at radius 3 is 2.45 bits per heavy atom. The molecule has 4 rings (SSSR count). The van der Waals surface area contributed by atoms with E-state index in [1.165, 1.54) is 12.1 Å². The van der Waals surface area contributed by atoms with Gasteiger partial charge in [-0.1, -0.05) is 24.2 Å². The molecule has 33 heavy (non-hydrogen) atoms. The predicted molar refractivity (Wildman–Crippen MR) is 116 cm³/mol. The standard InChI is InChI=1S/C21H26FN5O5S/c1-12(2)18-24-21(32-25-18)27-9-7-15(8-10-27)30-13(3)20-23-19(26-31-20)14-5-6-17(16(22)11-14)33(4,28)29/h5-6,11-13,15H,7-10H2,1-4H3. The molecule has 12 heteroatoms. The highest BCUT2D eigenvalue weighted by Crippen LogP contribution is 2.28. The number of nitrogens with zero attached hydrogens (tertiary/aromatic N) is 5. The summed E-state index contributed by atoms with van der Waals surface area (Å²) in [6.07, 6.45) is 2.02. The molecule has 0 N–H and O–H groups in total. The Bertz CT molecular complexity index is 1220. The molecule has 2 aromatic heterocycles. The molecule has 0 spiro atoms. The predicted octanol–water partition coefficient (Wildman–Crippen LogP) is 3.53. The monoisotopic (exact) mass is 479 g/mol. The van der Waals surface area contributed by atoms with Crippen LogP contribution in [0, 0.1) is 5.82 Å². The van der Waals surface area contributed by atoms with Gasteiger partial charge in [0.1, 0.15) is 16.8 Å². The topological polar surface area (TPSA) is 124 Å². The van der Waals surface area contributed by atoms with Crippen LogP contribution in [0.25, 0.3) is 11.4 Å². The van der Waals surface area contributed by atoms with Crippen LogP contribution in [0.15, 0.2) is 32.1 Å². The van der Waals surface area contributed by atoms with Crippen LogP contribution in [0.4, 0.5) is 10.4 Å². The van der Waals surface area contributed by atoms with Crippen molar-refractivity contribution in [1.29, 1.82) is 0 Å². The number of piperidine rings is 1. The number of sulfone groups is 1. The first-order valence-corrected chi connectivity index (χ1v) is 12.6. The number of benzene rings is 1. The number of anilines is 1. The van der Waals surface area contributed by atoms with Crippen molar-refractivity contribution >= 4 is 15.9 Å². The van der Waals surface area contributed by atoms with Crippen molar-refractivity contribution in [2.75, 3.05) is 24.2 Å². The number of hydrogen-bond acceptors (Lipinski definition) is 10. The van der Waals surface area contributed by atoms with Gasteiger partial charge in [0.2, 0.25) is 5.82 Å². The summed E-state index contributed by atoms with van der Waals surface area (Å²) in [5.74, 6) is 0.455. The Morgan fingerprint density at radius 2 is 1.85 bits per heavy atom. The highest BCUT2D eigenvalue weighted by molar-refractivity contribution is 7.90. The Morgan fingerprint density at radius 1 is 1.12 bits per heavy atom. The quantitative estimate of drug-likeness (QED) is 0.497. The summed E-state index contributed by atoms with van der Waals surface area (Å²) in [5, 5.41) is 7.89. The van der Waals surface area contributed by atoms with E-state index in [1.54, 1.807) is 0 Å². The first-order valence-electron chi connectivity index (χ1n) is 10.7. The van der Waals surface area contributed by atoms with Crippen LogP contribution >= 0.6 is 0 Å². The SMILES string of the molecule is CC(C)c1noc(N2CCC(OC(C)c3nc(-c4ccc(S(C)(=O)=O)c(F)c4)no3)CC2)n1. The summed E-state index contributed by atoms with van der Waals surface area (Å²) >= 11 is 0. The normalized spacial score (nSPS) is 16.5. The highest BCUT2D eigenvalue weighted by Gasteiger charge is 2.27. The first kappa shape index (κ1) is 23.3. The lowest BCUT2D eigenvalue weighted by molar-refractivity contribution is -0.0303. The maximum absolute atomic E-state index is 14.2. The van der Waals surface area contributed by atoms with Gasteiger partial charge in [-0.05, 0) is 38.0 Å². The molecule has 1 aromatic carbocycles. The molecule has 0 amide bonds. The Balaban J connectivity index is 1.35. The zero-order chi connectivity index (χ0) is 23.8. The Hall–Kier alpha value is -2.86. The minimum absolute atomic E-state index is 0.00872. The molecule has 1 aliphatic rings. The van der Waals surface area contributed by atoms with Gasteiger partial charge in [-0.3, -0.25) is 0 Å². The van der Waals surface area contributed by atoms with Gasteiger partial charge in [0.15, 0.2) is 15.7 Å². The van der Waals surface area contributed by atoms with Crippen LogP contribution in [0.2, 0.25) is 0 Å². The minimum atomic E-state index is -3.66. The summed E-state index contributed by atoms with van der Waals surface area (Å²) in [5.41, 5.74) is 0.315. The van der Waals surface area contributed by atoms with Crippen molar-refractivity contribution in [2.24, 2.45) is 0 Å². The fourth-order valence-corrected chi connectivity index (χ4v) is 4.31. The van der Waals surface area contributed by atoms with E-state index in [4.69, 9.17) is 13.8 Å². The van der Waals surface area contributed by atoms with Gasteiger partial charge in [0.05, 0.1) is 6.10 Å². The van der Waals surface area contributed by atoms with Gasteiger partial charge < -0.3 is 18.7 Å².